The molecule has 1 fully saturated rings. The lowest BCUT2D eigenvalue weighted by molar-refractivity contribution is 0.350. The number of allylic oxidation sites excluding steroid dienone is 2. The molecule has 4 heteroatoms. The second-order valence-corrected chi connectivity index (χ2v) is 7.41. The summed E-state index contributed by atoms with van der Waals surface area (Å²) < 4.78 is 0. The van der Waals surface area contributed by atoms with E-state index in [1.807, 2.05) is 11.4 Å². The number of fused-ring (bicyclic) bond motifs is 2. The lowest BCUT2D eigenvalue weighted by Crippen LogP contribution is -2.29. The first-order valence-corrected chi connectivity index (χ1v) is 9.16. The number of thiophene rings is 1. The minimum Gasteiger partial charge on any atom is -0.357 e. The van der Waals surface area contributed by atoms with E-state index in [-0.39, 0.29) is 5.41 Å². The molecule has 2 aromatic rings. The Balaban J connectivity index is 1.87. The number of rotatable bonds is 1. The van der Waals surface area contributed by atoms with E-state index in [0.717, 1.165) is 40.2 Å². The standard InChI is InChI=1S/C20H17N3S/c21-10-6-19-20(8-2-1-3-9-20)16-12-14(4-5-17(16)23-19)15-7-11-24-18(15)13-22/h4-7,11-12,23H,1-3,8-9H2. The first-order chi connectivity index (χ1) is 11.8. The van der Waals surface area contributed by atoms with Gasteiger partial charge < -0.3 is 5.32 Å². The van der Waals surface area contributed by atoms with Gasteiger partial charge in [0.15, 0.2) is 0 Å². The third-order valence-corrected chi connectivity index (χ3v) is 6.13. The van der Waals surface area contributed by atoms with Crippen LogP contribution in [-0.2, 0) is 5.41 Å². The zero-order valence-electron chi connectivity index (χ0n) is 13.3. The average Bonchev–Trinajstić information content (AvgIpc) is 3.20. The molecular weight excluding hydrogens is 314 g/mol. The highest BCUT2D eigenvalue weighted by Gasteiger charge is 2.43. The molecule has 2 aliphatic rings. The Morgan fingerprint density at radius 3 is 2.71 bits per heavy atom. The minimum absolute atomic E-state index is 0.0534. The summed E-state index contributed by atoms with van der Waals surface area (Å²) in [6, 6.07) is 12.9. The van der Waals surface area contributed by atoms with E-state index in [9.17, 15) is 10.5 Å². The quantitative estimate of drug-likeness (QED) is 0.719. The van der Waals surface area contributed by atoms with Crippen LogP contribution < -0.4 is 5.32 Å². The second kappa shape index (κ2) is 5.82. The molecule has 0 radical (unpaired) electrons. The molecule has 0 bridgehead atoms. The Morgan fingerprint density at radius 2 is 1.96 bits per heavy atom. The molecule has 1 saturated carbocycles. The van der Waals surface area contributed by atoms with Gasteiger partial charge >= 0.3 is 0 Å². The zero-order chi connectivity index (χ0) is 16.6. The lowest BCUT2D eigenvalue weighted by Gasteiger charge is -2.34. The maximum atomic E-state index is 9.32. The number of anilines is 1. The van der Waals surface area contributed by atoms with Crippen LogP contribution in [0.15, 0.2) is 41.4 Å². The molecule has 1 spiro atoms. The van der Waals surface area contributed by atoms with Crippen molar-refractivity contribution in [3.8, 4) is 23.3 Å². The normalized spacial score (nSPS) is 19.5. The van der Waals surface area contributed by atoms with Crippen molar-refractivity contribution < 1.29 is 0 Å². The van der Waals surface area contributed by atoms with Crippen molar-refractivity contribution in [1.82, 2.24) is 0 Å². The van der Waals surface area contributed by atoms with Gasteiger partial charge in [-0.2, -0.15) is 10.5 Å². The number of nitrogens with zero attached hydrogens (tertiary/aromatic N) is 2. The summed E-state index contributed by atoms with van der Waals surface area (Å²) in [6.45, 7) is 0. The number of benzene rings is 1. The van der Waals surface area contributed by atoms with Gasteiger partial charge in [0.05, 0.1) is 6.07 Å². The zero-order valence-corrected chi connectivity index (χ0v) is 14.1. The van der Waals surface area contributed by atoms with Crippen LogP contribution in [0.4, 0.5) is 5.69 Å². The third-order valence-electron chi connectivity index (χ3n) is 5.31. The molecule has 24 heavy (non-hydrogen) atoms. The summed E-state index contributed by atoms with van der Waals surface area (Å²) >= 11 is 1.48. The second-order valence-electron chi connectivity index (χ2n) is 6.49. The molecule has 3 nitrogen and oxygen atoms in total. The first-order valence-electron chi connectivity index (χ1n) is 8.28. The van der Waals surface area contributed by atoms with Gasteiger partial charge in [-0.15, -0.1) is 11.3 Å². The van der Waals surface area contributed by atoms with Crippen molar-refractivity contribution >= 4 is 17.0 Å². The van der Waals surface area contributed by atoms with Crippen molar-refractivity contribution in [2.24, 2.45) is 0 Å². The molecule has 1 aliphatic carbocycles. The average molecular weight is 331 g/mol. The van der Waals surface area contributed by atoms with E-state index in [1.54, 1.807) is 6.08 Å². The van der Waals surface area contributed by atoms with E-state index in [0.29, 0.717) is 0 Å². The van der Waals surface area contributed by atoms with Crippen LogP contribution in [-0.4, -0.2) is 0 Å². The van der Waals surface area contributed by atoms with Crippen LogP contribution in [0.2, 0.25) is 0 Å². The van der Waals surface area contributed by atoms with Crippen molar-refractivity contribution in [2.75, 3.05) is 5.32 Å². The highest BCUT2D eigenvalue weighted by molar-refractivity contribution is 7.11. The van der Waals surface area contributed by atoms with E-state index in [4.69, 9.17) is 0 Å². The third kappa shape index (κ3) is 2.15. The molecule has 0 amide bonds. The monoisotopic (exact) mass is 331 g/mol. The van der Waals surface area contributed by atoms with Gasteiger partial charge in [0.2, 0.25) is 0 Å². The Bertz CT molecular complexity index is 902. The van der Waals surface area contributed by atoms with Crippen LogP contribution in [0.5, 0.6) is 0 Å². The lowest BCUT2D eigenvalue weighted by atomic mass is 9.68. The fraction of sp³-hybridized carbons (Fsp3) is 0.300. The molecule has 1 aromatic carbocycles. The van der Waals surface area contributed by atoms with Crippen LogP contribution in [0.3, 0.4) is 0 Å². The molecular formula is C20H17N3S. The molecule has 0 unspecified atom stereocenters. The maximum Gasteiger partial charge on any atom is 0.112 e. The van der Waals surface area contributed by atoms with Crippen LogP contribution in [0.1, 0.15) is 42.5 Å². The van der Waals surface area contributed by atoms with Crippen molar-refractivity contribution in [1.29, 1.82) is 10.5 Å². The Kier molecular flexibility index (Phi) is 3.63. The van der Waals surface area contributed by atoms with Gasteiger partial charge in [-0.25, -0.2) is 0 Å². The van der Waals surface area contributed by atoms with E-state index in [1.165, 1.54) is 36.2 Å². The van der Waals surface area contributed by atoms with E-state index in [2.05, 4.69) is 35.7 Å². The highest BCUT2D eigenvalue weighted by atomic mass is 32.1. The van der Waals surface area contributed by atoms with Gasteiger partial charge in [-0.05, 0) is 47.5 Å². The summed E-state index contributed by atoms with van der Waals surface area (Å²) in [6.07, 6.45) is 7.49. The fourth-order valence-electron chi connectivity index (χ4n) is 4.18. The van der Waals surface area contributed by atoms with Crippen LogP contribution in [0, 0.1) is 22.7 Å². The van der Waals surface area contributed by atoms with Gasteiger partial charge in [-0.3, -0.25) is 0 Å². The molecule has 1 aliphatic heterocycles. The topological polar surface area (TPSA) is 59.6 Å². The highest BCUT2D eigenvalue weighted by Crippen LogP contribution is 2.53. The molecule has 0 atom stereocenters. The Morgan fingerprint density at radius 1 is 1.12 bits per heavy atom. The largest absolute Gasteiger partial charge is 0.357 e. The molecule has 0 saturated heterocycles. The predicted molar refractivity (Wildman–Crippen MR) is 96.6 cm³/mol. The molecule has 1 aromatic heterocycles. The van der Waals surface area contributed by atoms with Gasteiger partial charge in [0.1, 0.15) is 10.9 Å². The maximum absolute atomic E-state index is 9.32. The molecule has 4 rings (SSSR count). The first kappa shape index (κ1) is 15.0. The number of nitrogens with one attached hydrogen (secondary N) is 1. The Labute approximate surface area is 145 Å². The summed E-state index contributed by atoms with van der Waals surface area (Å²) in [5.41, 5.74) is 5.49. The van der Waals surface area contributed by atoms with Crippen LogP contribution in [0.25, 0.3) is 11.1 Å². The molecule has 118 valence electrons. The summed E-state index contributed by atoms with van der Waals surface area (Å²) in [7, 11) is 0. The van der Waals surface area contributed by atoms with Crippen LogP contribution >= 0.6 is 11.3 Å². The van der Waals surface area contributed by atoms with E-state index >= 15 is 0 Å². The SMILES string of the molecule is N#CC=C1Nc2ccc(-c3ccsc3C#N)cc2C12CCCCC2. The van der Waals surface area contributed by atoms with Gasteiger partial charge in [-0.1, -0.05) is 25.3 Å². The summed E-state index contributed by atoms with van der Waals surface area (Å²) in [5.74, 6) is 0. The number of nitriles is 2. The van der Waals surface area contributed by atoms with Crippen molar-refractivity contribution in [3.05, 3.63) is 51.9 Å². The van der Waals surface area contributed by atoms with Gasteiger partial charge in [0, 0.05) is 28.4 Å². The number of hydrogen-bond acceptors (Lipinski definition) is 4. The van der Waals surface area contributed by atoms with Crippen molar-refractivity contribution in [3.63, 3.8) is 0 Å². The predicted octanol–water partition coefficient (Wildman–Crippen LogP) is 5.32. The van der Waals surface area contributed by atoms with E-state index < -0.39 is 0 Å². The minimum atomic E-state index is -0.0534. The van der Waals surface area contributed by atoms with Crippen molar-refractivity contribution in [2.45, 2.75) is 37.5 Å². The summed E-state index contributed by atoms with van der Waals surface area (Å²) in [4.78, 5) is 0.756. The summed E-state index contributed by atoms with van der Waals surface area (Å²) in [5, 5.41) is 24.0. The molecule has 2 heterocycles. The molecule has 1 N–H and O–H groups in total. The smallest absolute Gasteiger partial charge is 0.112 e. The fourth-order valence-corrected chi connectivity index (χ4v) is 4.89. The van der Waals surface area contributed by atoms with Gasteiger partial charge in [0.25, 0.3) is 0 Å². The Hall–Kier alpha value is -2.56. The number of hydrogen-bond donors (Lipinski definition) is 1.